The monoisotopic (exact) mass is 223 g/mol. The third kappa shape index (κ3) is 3.47. The predicted molar refractivity (Wildman–Crippen MR) is 61.1 cm³/mol. The van der Waals surface area contributed by atoms with Crippen LogP contribution in [0.2, 0.25) is 0 Å². The summed E-state index contributed by atoms with van der Waals surface area (Å²) in [4.78, 5) is 8.26. The summed E-state index contributed by atoms with van der Waals surface area (Å²) < 4.78 is 0. The van der Waals surface area contributed by atoms with Crippen LogP contribution in [-0.2, 0) is 6.54 Å². The van der Waals surface area contributed by atoms with E-state index >= 15 is 0 Å². The maximum atomic E-state index is 8.57. The molecule has 0 saturated heterocycles. The van der Waals surface area contributed by atoms with Gasteiger partial charge in [-0.25, -0.2) is 9.97 Å². The molecular formula is C10H17N5O. The smallest absolute Gasteiger partial charge is 0.156 e. The number of rotatable bonds is 5. The molecule has 0 radical (unpaired) electrons. The van der Waals surface area contributed by atoms with E-state index in [2.05, 4.69) is 20.4 Å². The van der Waals surface area contributed by atoms with Crippen molar-refractivity contribution in [3.05, 3.63) is 23.8 Å². The topological polar surface area (TPSA) is 96.4 Å². The molecule has 6 heteroatoms. The minimum atomic E-state index is -0.139. The zero-order valence-electron chi connectivity index (χ0n) is 9.51. The number of nitrogens with zero attached hydrogens (tertiary/aromatic N) is 3. The van der Waals surface area contributed by atoms with Gasteiger partial charge < -0.3 is 16.3 Å². The Morgan fingerprint density at radius 3 is 3.00 bits per heavy atom. The Morgan fingerprint density at radius 1 is 1.69 bits per heavy atom. The molecule has 0 aliphatic rings. The molecule has 0 saturated carbocycles. The van der Waals surface area contributed by atoms with Crippen LogP contribution < -0.4 is 11.1 Å². The lowest BCUT2D eigenvalue weighted by Gasteiger charge is -2.14. The van der Waals surface area contributed by atoms with Crippen molar-refractivity contribution in [3.63, 3.8) is 0 Å². The quantitative estimate of drug-likeness (QED) is 0.290. The second kappa shape index (κ2) is 6.02. The fourth-order valence-electron chi connectivity index (χ4n) is 1.36. The van der Waals surface area contributed by atoms with E-state index in [0.717, 1.165) is 17.9 Å². The van der Waals surface area contributed by atoms with Crippen molar-refractivity contribution in [3.8, 4) is 0 Å². The van der Waals surface area contributed by atoms with Gasteiger partial charge in [-0.2, -0.15) is 0 Å². The molecule has 1 aromatic heterocycles. The third-order valence-electron chi connectivity index (χ3n) is 2.24. The van der Waals surface area contributed by atoms with Crippen molar-refractivity contribution >= 4 is 5.84 Å². The van der Waals surface area contributed by atoms with Crippen LogP contribution in [0.3, 0.4) is 0 Å². The Balaban J connectivity index is 2.56. The zero-order chi connectivity index (χ0) is 12.0. The first kappa shape index (κ1) is 12.4. The van der Waals surface area contributed by atoms with Gasteiger partial charge in [0.05, 0.1) is 11.7 Å². The highest BCUT2D eigenvalue weighted by Crippen LogP contribution is 1.97. The second-order valence-corrected chi connectivity index (χ2v) is 3.46. The van der Waals surface area contributed by atoms with Crippen LogP contribution >= 0.6 is 0 Å². The highest BCUT2D eigenvalue weighted by atomic mass is 16.4. The van der Waals surface area contributed by atoms with Gasteiger partial charge in [-0.3, -0.25) is 0 Å². The van der Waals surface area contributed by atoms with E-state index in [0.29, 0.717) is 6.54 Å². The van der Waals surface area contributed by atoms with Gasteiger partial charge in [0, 0.05) is 12.7 Å². The van der Waals surface area contributed by atoms with Crippen molar-refractivity contribution < 1.29 is 5.21 Å². The number of nitrogens with one attached hydrogen (secondary N) is 1. The molecule has 1 heterocycles. The van der Waals surface area contributed by atoms with Crippen molar-refractivity contribution in [1.82, 2.24) is 15.3 Å². The van der Waals surface area contributed by atoms with Crippen LogP contribution in [0, 0.1) is 6.92 Å². The van der Waals surface area contributed by atoms with Gasteiger partial charge in [-0.1, -0.05) is 12.1 Å². The summed E-state index contributed by atoms with van der Waals surface area (Å²) >= 11 is 0. The summed E-state index contributed by atoms with van der Waals surface area (Å²) in [6, 6.07) is 1.69. The number of hydrogen-bond donors (Lipinski definition) is 3. The van der Waals surface area contributed by atoms with E-state index < -0.39 is 0 Å². The van der Waals surface area contributed by atoms with E-state index in [1.165, 1.54) is 0 Å². The maximum Gasteiger partial charge on any atom is 0.156 e. The first-order chi connectivity index (χ1) is 7.67. The fraction of sp³-hybridized carbons (Fsp3) is 0.500. The van der Waals surface area contributed by atoms with Crippen LogP contribution in [-0.4, -0.2) is 27.1 Å². The van der Waals surface area contributed by atoms with Gasteiger partial charge in [-0.15, -0.1) is 0 Å². The largest absolute Gasteiger partial charge is 0.409 e. The van der Waals surface area contributed by atoms with Crippen LogP contribution in [0.15, 0.2) is 17.4 Å². The Labute approximate surface area is 94.6 Å². The average molecular weight is 223 g/mol. The van der Waals surface area contributed by atoms with Gasteiger partial charge in [0.1, 0.15) is 5.82 Å². The number of hydrogen-bond acceptors (Lipinski definition) is 5. The average Bonchev–Trinajstić information content (AvgIpc) is 2.29. The lowest BCUT2D eigenvalue weighted by atomic mass is 10.2. The second-order valence-electron chi connectivity index (χ2n) is 3.46. The van der Waals surface area contributed by atoms with Crippen LogP contribution in [0.1, 0.15) is 24.9 Å². The molecule has 88 valence electrons. The minimum Gasteiger partial charge on any atom is -0.409 e. The van der Waals surface area contributed by atoms with Crippen LogP contribution in [0.5, 0.6) is 0 Å². The summed E-state index contributed by atoms with van der Waals surface area (Å²) in [7, 11) is 0. The van der Waals surface area contributed by atoms with Gasteiger partial charge in [0.25, 0.3) is 0 Å². The van der Waals surface area contributed by atoms with Gasteiger partial charge >= 0.3 is 0 Å². The van der Waals surface area contributed by atoms with E-state index in [-0.39, 0.29) is 11.9 Å². The van der Waals surface area contributed by atoms with Crippen molar-refractivity contribution in [2.24, 2.45) is 10.9 Å². The summed E-state index contributed by atoms with van der Waals surface area (Å²) in [5.74, 6) is 0.921. The van der Waals surface area contributed by atoms with Gasteiger partial charge in [0.2, 0.25) is 0 Å². The molecule has 1 rings (SSSR count). The van der Waals surface area contributed by atoms with E-state index in [1.807, 2.05) is 19.9 Å². The van der Waals surface area contributed by atoms with Gasteiger partial charge in [0.15, 0.2) is 5.84 Å². The minimum absolute atomic E-state index is 0.139. The molecule has 4 N–H and O–H groups in total. The zero-order valence-corrected chi connectivity index (χ0v) is 9.51. The molecule has 0 aliphatic heterocycles. The lowest BCUT2D eigenvalue weighted by molar-refractivity contribution is 0.314. The highest BCUT2D eigenvalue weighted by molar-refractivity contribution is 5.85. The van der Waals surface area contributed by atoms with Crippen molar-refractivity contribution in [2.45, 2.75) is 32.9 Å². The van der Waals surface area contributed by atoms with E-state index in [1.54, 1.807) is 6.20 Å². The van der Waals surface area contributed by atoms with E-state index in [9.17, 15) is 0 Å². The molecule has 0 spiro atoms. The molecule has 16 heavy (non-hydrogen) atoms. The molecule has 1 atom stereocenters. The number of aromatic nitrogens is 2. The first-order valence-corrected chi connectivity index (χ1v) is 5.16. The standard InChI is InChI=1S/C10H17N5O/c1-3-9(10(11)15-16)13-6-8-4-5-12-7(2)14-8/h4-5,9,13,16H,3,6H2,1-2H3,(H2,11,15). The molecule has 1 unspecified atom stereocenters. The van der Waals surface area contributed by atoms with Crippen molar-refractivity contribution in [1.29, 1.82) is 0 Å². The third-order valence-corrected chi connectivity index (χ3v) is 2.24. The Hall–Kier alpha value is -1.69. The summed E-state index contributed by atoms with van der Waals surface area (Å²) in [6.07, 6.45) is 2.46. The van der Waals surface area contributed by atoms with Crippen LogP contribution in [0.25, 0.3) is 0 Å². The number of amidine groups is 1. The summed E-state index contributed by atoms with van der Waals surface area (Å²) in [6.45, 7) is 4.36. The molecule has 1 aromatic rings. The van der Waals surface area contributed by atoms with Gasteiger partial charge in [-0.05, 0) is 19.4 Å². The fourth-order valence-corrected chi connectivity index (χ4v) is 1.36. The Morgan fingerprint density at radius 2 is 2.44 bits per heavy atom. The summed E-state index contributed by atoms with van der Waals surface area (Å²) in [5.41, 5.74) is 6.41. The molecule has 0 amide bonds. The SMILES string of the molecule is CCC(NCc1ccnc(C)n1)C(N)=NO. The number of nitrogens with two attached hydrogens (primary N) is 1. The number of oxime groups is 1. The molecular weight excluding hydrogens is 206 g/mol. The molecule has 0 fully saturated rings. The van der Waals surface area contributed by atoms with E-state index in [4.69, 9.17) is 10.9 Å². The molecule has 0 aromatic carbocycles. The van der Waals surface area contributed by atoms with Crippen LogP contribution in [0.4, 0.5) is 0 Å². The molecule has 0 bridgehead atoms. The summed E-state index contributed by atoms with van der Waals surface area (Å²) in [5, 5.41) is 14.7. The maximum absolute atomic E-state index is 8.57. The number of aryl methyl sites for hydroxylation is 1. The Kier molecular flexibility index (Phi) is 4.65. The first-order valence-electron chi connectivity index (χ1n) is 5.16. The Bertz CT molecular complexity index is 366. The highest BCUT2D eigenvalue weighted by Gasteiger charge is 2.10. The molecule has 0 aliphatic carbocycles. The van der Waals surface area contributed by atoms with Crippen molar-refractivity contribution in [2.75, 3.05) is 0 Å². The predicted octanol–water partition coefficient (Wildman–Crippen LogP) is 0.400. The normalized spacial score (nSPS) is 13.8. The molecule has 6 nitrogen and oxygen atoms in total. The lowest BCUT2D eigenvalue weighted by Crippen LogP contribution is -2.40.